The lowest BCUT2D eigenvalue weighted by molar-refractivity contribution is -0.121. The summed E-state index contributed by atoms with van der Waals surface area (Å²) in [5, 5.41) is 5.82. The van der Waals surface area contributed by atoms with E-state index in [0.29, 0.717) is 13.1 Å². The standard InChI is InChI=1S/C29H34N4O2/c1-21-8-5-6-11-26(21)33-20-32(17-16-27(33)34)19-22-12-14-24(15-13-22)30-28(35)31-25-10-7-9-23(18-25)29(2,3)4/h5-15,18H,16-17,19-20H2,1-4H3,(H2,30,31,35). The molecule has 2 N–H and O–H groups in total. The summed E-state index contributed by atoms with van der Waals surface area (Å²) in [6.45, 7) is 10.5. The highest BCUT2D eigenvalue weighted by Gasteiger charge is 2.25. The number of carbonyl (C=O) groups is 2. The van der Waals surface area contributed by atoms with Gasteiger partial charge in [0, 0.05) is 36.6 Å². The Bertz CT molecular complexity index is 1200. The van der Waals surface area contributed by atoms with Crippen LogP contribution in [0.25, 0.3) is 0 Å². The highest BCUT2D eigenvalue weighted by molar-refractivity contribution is 5.99. The molecule has 3 aromatic rings. The van der Waals surface area contributed by atoms with Crippen LogP contribution in [0.4, 0.5) is 21.9 Å². The first-order valence-electron chi connectivity index (χ1n) is 12.0. The zero-order valence-electron chi connectivity index (χ0n) is 21.0. The number of benzene rings is 3. The molecule has 0 unspecified atom stereocenters. The SMILES string of the molecule is Cc1ccccc1N1CN(Cc2ccc(NC(=O)Nc3cccc(C(C)(C)C)c3)cc2)CCC1=O. The largest absolute Gasteiger partial charge is 0.323 e. The molecule has 0 saturated carbocycles. The summed E-state index contributed by atoms with van der Waals surface area (Å²) in [6.07, 6.45) is 0.505. The number of para-hydroxylation sites is 1. The lowest BCUT2D eigenvalue weighted by Crippen LogP contribution is -2.48. The smallest absolute Gasteiger partial charge is 0.308 e. The fourth-order valence-corrected chi connectivity index (χ4v) is 4.25. The van der Waals surface area contributed by atoms with Gasteiger partial charge >= 0.3 is 6.03 Å². The monoisotopic (exact) mass is 470 g/mol. The molecule has 0 spiro atoms. The number of amides is 3. The Morgan fingerprint density at radius 2 is 1.63 bits per heavy atom. The van der Waals surface area contributed by atoms with Gasteiger partial charge in [-0.2, -0.15) is 0 Å². The van der Waals surface area contributed by atoms with Gasteiger partial charge in [-0.1, -0.05) is 63.2 Å². The van der Waals surface area contributed by atoms with Crippen molar-refractivity contribution in [2.75, 3.05) is 28.7 Å². The fourth-order valence-electron chi connectivity index (χ4n) is 4.25. The van der Waals surface area contributed by atoms with E-state index in [0.717, 1.165) is 41.3 Å². The molecule has 1 fully saturated rings. The second kappa shape index (κ2) is 10.3. The van der Waals surface area contributed by atoms with Crippen molar-refractivity contribution in [3.63, 3.8) is 0 Å². The van der Waals surface area contributed by atoms with Gasteiger partial charge in [0.1, 0.15) is 0 Å². The molecule has 1 aliphatic rings. The predicted molar refractivity (Wildman–Crippen MR) is 143 cm³/mol. The van der Waals surface area contributed by atoms with Gasteiger partial charge in [0.25, 0.3) is 0 Å². The van der Waals surface area contributed by atoms with Gasteiger partial charge in [-0.3, -0.25) is 14.6 Å². The first kappa shape index (κ1) is 24.5. The molecule has 6 heteroatoms. The molecule has 3 amide bonds. The Hall–Kier alpha value is -3.64. The Labute approximate surface area is 207 Å². The molecule has 0 bridgehead atoms. The first-order chi connectivity index (χ1) is 16.7. The molecule has 1 saturated heterocycles. The van der Waals surface area contributed by atoms with Crippen LogP contribution in [0.1, 0.15) is 43.9 Å². The zero-order valence-corrected chi connectivity index (χ0v) is 21.0. The maximum absolute atomic E-state index is 12.5. The number of carbonyl (C=O) groups excluding carboxylic acids is 2. The van der Waals surface area contributed by atoms with Crippen molar-refractivity contribution < 1.29 is 9.59 Å². The Morgan fingerprint density at radius 1 is 0.914 bits per heavy atom. The highest BCUT2D eigenvalue weighted by atomic mass is 16.2. The van der Waals surface area contributed by atoms with Crippen molar-refractivity contribution >= 4 is 29.0 Å². The van der Waals surface area contributed by atoms with E-state index in [9.17, 15) is 9.59 Å². The molecular formula is C29H34N4O2. The zero-order chi connectivity index (χ0) is 25.0. The number of nitrogens with one attached hydrogen (secondary N) is 2. The van der Waals surface area contributed by atoms with Gasteiger partial charge in [0.15, 0.2) is 0 Å². The van der Waals surface area contributed by atoms with Crippen molar-refractivity contribution in [2.45, 2.75) is 46.1 Å². The number of rotatable bonds is 5. The Kier molecular flexibility index (Phi) is 7.22. The predicted octanol–water partition coefficient (Wildman–Crippen LogP) is 6.13. The summed E-state index contributed by atoms with van der Waals surface area (Å²) in [5.74, 6) is 0.161. The van der Waals surface area contributed by atoms with Crippen LogP contribution in [0.5, 0.6) is 0 Å². The second-order valence-corrected chi connectivity index (χ2v) is 10.2. The summed E-state index contributed by atoms with van der Waals surface area (Å²) < 4.78 is 0. The van der Waals surface area contributed by atoms with Crippen LogP contribution in [0.15, 0.2) is 72.8 Å². The van der Waals surface area contributed by atoms with Crippen LogP contribution >= 0.6 is 0 Å². The maximum atomic E-state index is 12.5. The molecule has 1 heterocycles. The van der Waals surface area contributed by atoms with Crippen LogP contribution < -0.4 is 15.5 Å². The quantitative estimate of drug-likeness (QED) is 0.471. The lowest BCUT2D eigenvalue weighted by atomic mass is 9.87. The number of nitrogens with zero attached hydrogens (tertiary/aromatic N) is 2. The van der Waals surface area contributed by atoms with Gasteiger partial charge in [-0.25, -0.2) is 4.79 Å². The molecule has 0 radical (unpaired) electrons. The third kappa shape index (κ3) is 6.28. The summed E-state index contributed by atoms with van der Waals surface area (Å²) in [7, 11) is 0. The van der Waals surface area contributed by atoms with E-state index < -0.39 is 0 Å². The lowest BCUT2D eigenvalue weighted by Gasteiger charge is -2.36. The molecule has 0 atom stereocenters. The minimum atomic E-state index is -0.271. The second-order valence-electron chi connectivity index (χ2n) is 10.2. The van der Waals surface area contributed by atoms with Crippen LogP contribution in [0, 0.1) is 6.92 Å². The van der Waals surface area contributed by atoms with Crippen LogP contribution in [0.2, 0.25) is 0 Å². The van der Waals surface area contributed by atoms with Crippen molar-refractivity contribution in [3.8, 4) is 0 Å². The minimum absolute atomic E-state index is 0.0165. The third-order valence-electron chi connectivity index (χ3n) is 6.30. The van der Waals surface area contributed by atoms with Crippen molar-refractivity contribution in [1.29, 1.82) is 0 Å². The molecule has 35 heavy (non-hydrogen) atoms. The van der Waals surface area contributed by atoms with E-state index in [1.165, 1.54) is 5.56 Å². The fraction of sp³-hybridized carbons (Fsp3) is 0.310. The summed E-state index contributed by atoms with van der Waals surface area (Å²) in [4.78, 5) is 29.2. The number of hydrogen-bond acceptors (Lipinski definition) is 3. The van der Waals surface area contributed by atoms with Gasteiger partial charge in [0.2, 0.25) is 5.91 Å². The van der Waals surface area contributed by atoms with E-state index in [-0.39, 0.29) is 17.4 Å². The van der Waals surface area contributed by atoms with Crippen molar-refractivity contribution in [1.82, 2.24) is 4.90 Å². The normalized spacial score (nSPS) is 14.6. The topological polar surface area (TPSA) is 64.7 Å². The Balaban J connectivity index is 1.34. The third-order valence-corrected chi connectivity index (χ3v) is 6.30. The molecule has 0 aromatic heterocycles. The van der Waals surface area contributed by atoms with E-state index in [2.05, 4.69) is 42.4 Å². The average Bonchev–Trinajstić information content (AvgIpc) is 2.82. The van der Waals surface area contributed by atoms with Gasteiger partial charge in [-0.05, 0) is 59.4 Å². The summed E-state index contributed by atoms with van der Waals surface area (Å²) in [5.41, 5.74) is 5.89. The maximum Gasteiger partial charge on any atom is 0.323 e. The summed E-state index contributed by atoms with van der Waals surface area (Å²) >= 11 is 0. The van der Waals surface area contributed by atoms with Gasteiger partial charge in [0.05, 0.1) is 6.67 Å². The van der Waals surface area contributed by atoms with Crippen molar-refractivity contribution in [2.24, 2.45) is 0 Å². The molecule has 182 valence electrons. The average molecular weight is 471 g/mol. The van der Waals surface area contributed by atoms with E-state index in [4.69, 9.17) is 0 Å². The number of aryl methyl sites for hydroxylation is 1. The number of anilines is 3. The van der Waals surface area contributed by atoms with Crippen molar-refractivity contribution in [3.05, 3.63) is 89.5 Å². The van der Waals surface area contributed by atoms with Crippen LogP contribution in [0.3, 0.4) is 0 Å². The number of urea groups is 1. The van der Waals surface area contributed by atoms with E-state index in [1.54, 1.807) is 0 Å². The molecular weight excluding hydrogens is 436 g/mol. The number of hydrogen-bond donors (Lipinski definition) is 2. The molecule has 1 aliphatic heterocycles. The van der Waals surface area contributed by atoms with Gasteiger partial charge in [-0.15, -0.1) is 0 Å². The van der Waals surface area contributed by atoms with E-state index in [1.807, 2.05) is 78.6 Å². The first-order valence-corrected chi connectivity index (χ1v) is 12.0. The van der Waals surface area contributed by atoms with Gasteiger partial charge < -0.3 is 10.6 Å². The van der Waals surface area contributed by atoms with E-state index >= 15 is 0 Å². The summed E-state index contributed by atoms with van der Waals surface area (Å²) in [6, 6.07) is 23.5. The molecule has 6 nitrogen and oxygen atoms in total. The molecule has 0 aliphatic carbocycles. The van der Waals surface area contributed by atoms with Crippen LogP contribution in [-0.2, 0) is 16.8 Å². The molecule has 4 rings (SSSR count). The highest BCUT2D eigenvalue weighted by Crippen LogP contribution is 2.26. The molecule has 3 aromatic carbocycles. The van der Waals surface area contributed by atoms with Crippen LogP contribution in [-0.4, -0.2) is 30.1 Å². The Morgan fingerprint density at radius 3 is 2.34 bits per heavy atom. The minimum Gasteiger partial charge on any atom is -0.308 e.